The maximum absolute atomic E-state index is 5.48. The quantitative estimate of drug-likeness (QED) is 0.700. The van der Waals surface area contributed by atoms with E-state index in [2.05, 4.69) is 66.2 Å². The molecule has 0 saturated carbocycles. The third-order valence-electron chi connectivity index (χ3n) is 3.45. The van der Waals surface area contributed by atoms with E-state index in [-0.39, 0.29) is 4.83 Å². The Hall–Kier alpha value is -1.28. The van der Waals surface area contributed by atoms with Crippen LogP contribution in [0.5, 0.6) is 5.75 Å². The third kappa shape index (κ3) is 3.19. The number of aryl methyl sites for hydroxylation is 1. The lowest BCUT2D eigenvalue weighted by Gasteiger charge is -2.21. The molecule has 0 aliphatic carbocycles. The zero-order chi connectivity index (χ0) is 13.8. The number of halogens is 1. The predicted molar refractivity (Wildman–Crippen MR) is 84.3 cm³/mol. The van der Waals surface area contributed by atoms with Crippen LogP contribution >= 0.6 is 15.9 Å². The molecule has 2 atom stereocenters. The van der Waals surface area contributed by atoms with Crippen LogP contribution in [0.4, 0.5) is 0 Å². The van der Waals surface area contributed by atoms with Gasteiger partial charge in [-0.1, -0.05) is 70.9 Å². The van der Waals surface area contributed by atoms with E-state index in [0.29, 0.717) is 5.92 Å². The lowest BCUT2D eigenvalue weighted by atomic mass is 9.92. The molecule has 0 aliphatic rings. The maximum Gasteiger partial charge on any atom is 0.123 e. The average molecular weight is 319 g/mol. The second-order valence-corrected chi connectivity index (χ2v) is 5.83. The van der Waals surface area contributed by atoms with Crippen LogP contribution in [0, 0.1) is 6.92 Å². The average Bonchev–Trinajstić information content (AvgIpc) is 2.46. The normalized spacial score (nSPS) is 13.9. The Morgan fingerprint density at radius 3 is 2.37 bits per heavy atom. The minimum absolute atomic E-state index is 0.241. The van der Waals surface area contributed by atoms with Crippen molar-refractivity contribution in [2.75, 3.05) is 7.11 Å². The Bertz CT molecular complexity index is 536. The summed E-state index contributed by atoms with van der Waals surface area (Å²) in [6.07, 6.45) is 0. The molecule has 0 fully saturated rings. The third-order valence-corrected chi connectivity index (χ3v) is 4.73. The van der Waals surface area contributed by atoms with Crippen molar-refractivity contribution in [2.45, 2.75) is 24.6 Å². The highest BCUT2D eigenvalue weighted by Gasteiger charge is 2.21. The molecule has 0 heterocycles. The molecule has 2 unspecified atom stereocenters. The molecule has 1 nitrogen and oxygen atoms in total. The molecule has 19 heavy (non-hydrogen) atoms. The minimum Gasteiger partial charge on any atom is -0.496 e. The van der Waals surface area contributed by atoms with E-state index in [4.69, 9.17) is 4.74 Å². The van der Waals surface area contributed by atoms with Crippen molar-refractivity contribution in [1.29, 1.82) is 0 Å². The Balaban J connectivity index is 2.33. The lowest BCUT2D eigenvalue weighted by molar-refractivity contribution is 0.408. The number of hydrogen-bond acceptors (Lipinski definition) is 1. The summed E-state index contributed by atoms with van der Waals surface area (Å²) in [7, 11) is 1.72. The highest BCUT2D eigenvalue weighted by Crippen LogP contribution is 2.41. The molecular weight excluding hydrogens is 300 g/mol. The Labute approximate surface area is 123 Å². The zero-order valence-electron chi connectivity index (χ0n) is 11.6. The number of alkyl halides is 1. The summed E-state index contributed by atoms with van der Waals surface area (Å²) < 4.78 is 5.48. The summed E-state index contributed by atoms with van der Waals surface area (Å²) in [5.41, 5.74) is 3.78. The second kappa shape index (κ2) is 6.25. The molecule has 0 saturated heterocycles. The van der Waals surface area contributed by atoms with E-state index in [0.717, 1.165) is 5.75 Å². The molecule has 2 rings (SSSR count). The van der Waals surface area contributed by atoms with E-state index >= 15 is 0 Å². The van der Waals surface area contributed by atoms with Crippen molar-refractivity contribution >= 4 is 15.9 Å². The van der Waals surface area contributed by atoms with Crippen LogP contribution < -0.4 is 4.74 Å². The monoisotopic (exact) mass is 318 g/mol. The summed E-state index contributed by atoms with van der Waals surface area (Å²) in [5.74, 6) is 1.33. The van der Waals surface area contributed by atoms with Gasteiger partial charge in [0.25, 0.3) is 0 Å². The Morgan fingerprint density at radius 2 is 1.74 bits per heavy atom. The summed E-state index contributed by atoms with van der Waals surface area (Å²) in [4.78, 5) is 0.241. The first-order valence-electron chi connectivity index (χ1n) is 6.47. The van der Waals surface area contributed by atoms with Crippen LogP contribution in [0.25, 0.3) is 0 Å². The fourth-order valence-electron chi connectivity index (χ4n) is 2.26. The standard InChI is InChI=1S/C17H19BrO/c1-12-9-10-16(19-3)15(11-12)17(18)13(2)14-7-5-4-6-8-14/h4-11,13,17H,1-3H3. The second-order valence-electron chi connectivity index (χ2n) is 4.85. The molecule has 100 valence electrons. The highest BCUT2D eigenvalue weighted by molar-refractivity contribution is 9.09. The van der Waals surface area contributed by atoms with E-state index in [1.165, 1.54) is 16.7 Å². The molecule has 0 N–H and O–H groups in total. The van der Waals surface area contributed by atoms with Crippen LogP contribution in [0.2, 0.25) is 0 Å². The van der Waals surface area contributed by atoms with E-state index in [1.54, 1.807) is 7.11 Å². The zero-order valence-corrected chi connectivity index (χ0v) is 13.1. The number of hydrogen-bond donors (Lipinski definition) is 0. The number of benzene rings is 2. The molecular formula is C17H19BrO. The van der Waals surface area contributed by atoms with Crippen molar-refractivity contribution < 1.29 is 4.74 Å². The predicted octanol–water partition coefficient (Wildman–Crippen LogP) is 5.24. The van der Waals surface area contributed by atoms with E-state index < -0.39 is 0 Å². The first-order valence-corrected chi connectivity index (χ1v) is 7.38. The van der Waals surface area contributed by atoms with Crippen molar-refractivity contribution in [3.8, 4) is 5.75 Å². The number of ether oxygens (including phenoxy) is 1. The first kappa shape index (κ1) is 14.1. The van der Waals surface area contributed by atoms with Gasteiger partial charge in [0.1, 0.15) is 5.75 Å². The summed E-state index contributed by atoms with van der Waals surface area (Å²) in [6.45, 7) is 4.34. The van der Waals surface area contributed by atoms with Gasteiger partial charge in [0.05, 0.1) is 7.11 Å². The molecule has 0 bridgehead atoms. The van der Waals surface area contributed by atoms with Crippen LogP contribution in [-0.2, 0) is 0 Å². The fraction of sp³-hybridized carbons (Fsp3) is 0.294. The molecule has 2 aromatic carbocycles. The van der Waals surface area contributed by atoms with Crippen LogP contribution in [-0.4, -0.2) is 7.11 Å². The number of methoxy groups -OCH3 is 1. The topological polar surface area (TPSA) is 9.23 Å². The van der Waals surface area contributed by atoms with Gasteiger partial charge in [-0.05, 0) is 24.5 Å². The van der Waals surface area contributed by atoms with Crippen molar-refractivity contribution in [3.05, 3.63) is 65.2 Å². The van der Waals surface area contributed by atoms with Gasteiger partial charge in [0.15, 0.2) is 0 Å². The number of rotatable bonds is 4. The summed E-state index contributed by atoms with van der Waals surface area (Å²) >= 11 is 3.83. The lowest BCUT2D eigenvalue weighted by Crippen LogP contribution is -2.04. The van der Waals surface area contributed by atoms with Gasteiger partial charge in [-0.2, -0.15) is 0 Å². The van der Waals surface area contributed by atoms with E-state index in [9.17, 15) is 0 Å². The van der Waals surface area contributed by atoms with Crippen molar-refractivity contribution in [3.63, 3.8) is 0 Å². The Morgan fingerprint density at radius 1 is 1.05 bits per heavy atom. The molecule has 0 aromatic heterocycles. The molecule has 2 aromatic rings. The van der Waals surface area contributed by atoms with Gasteiger partial charge in [-0.15, -0.1) is 0 Å². The molecule has 2 heteroatoms. The van der Waals surface area contributed by atoms with E-state index in [1.807, 2.05) is 12.1 Å². The highest BCUT2D eigenvalue weighted by atomic mass is 79.9. The molecule has 0 spiro atoms. The Kier molecular flexibility index (Phi) is 4.65. The first-order chi connectivity index (χ1) is 9.13. The fourth-order valence-corrected chi connectivity index (χ4v) is 2.93. The van der Waals surface area contributed by atoms with Crippen LogP contribution in [0.3, 0.4) is 0 Å². The molecule has 0 aliphatic heterocycles. The summed E-state index contributed by atoms with van der Waals surface area (Å²) in [5, 5.41) is 0. The van der Waals surface area contributed by atoms with Gasteiger partial charge in [0.2, 0.25) is 0 Å². The smallest absolute Gasteiger partial charge is 0.123 e. The van der Waals surface area contributed by atoms with Crippen LogP contribution in [0.15, 0.2) is 48.5 Å². The van der Waals surface area contributed by atoms with Crippen molar-refractivity contribution in [2.24, 2.45) is 0 Å². The van der Waals surface area contributed by atoms with Gasteiger partial charge in [-0.25, -0.2) is 0 Å². The molecule has 0 amide bonds. The maximum atomic E-state index is 5.48. The van der Waals surface area contributed by atoms with Crippen molar-refractivity contribution in [1.82, 2.24) is 0 Å². The largest absolute Gasteiger partial charge is 0.496 e. The molecule has 0 radical (unpaired) electrons. The van der Waals surface area contributed by atoms with Gasteiger partial charge < -0.3 is 4.74 Å². The van der Waals surface area contributed by atoms with Gasteiger partial charge in [0, 0.05) is 10.4 Å². The minimum atomic E-state index is 0.241. The SMILES string of the molecule is COc1ccc(C)cc1C(Br)C(C)c1ccccc1. The summed E-state index contributed by atoms with van der Waals surface area (Å²) in [6, 6.07) is 16.9. The van der Waals surface area contributed by atoms with Gasteiger partial charge in [-0.3, -0.25) is 0 Å². The van der Waals surface area contributed by atoms with Gasteiger partial charge >= 0.3 is 0 Å². The van der Waals surface area contributed by atoms with Crippen LogP contribution in [0.1, 0.15) is 34.4 Å².